The summed E-state index contributed by atoms with van der Waals surface area (Å²) in [6.07, 6.45) is 0.225. The predicted molar refractivity (Wildman–Crippen MR) is 136 cm³/mol. The van der Waals surface area contributed by atoms with Crippen LogP contribution in [0, 0.1) is 0 Å². The molecule has 0 radical (unpaired) electrons. The van der Waals surface area contributed by atoms with E-state index in [1.165, 1.54) is 17.4 Å². The van der Waals surface area contributed by atoms with E-state index in [-0.39, 0.29) is 17.9 Å². The van der Waals surface area contributed by atoms with Crippen molar-refractivity contribution in [3.63, 3.8) is 0 Å². The molecule has 4 aromatic rings. The second-order valence-corrected chi connectivity index (χ2v) is 12.2. The van der Waals surface area contributed by atoms with E-state index >= 15 is 0 Å². The van der Waals surface area contributed by atoms with Crippen LogP contribution in [0.3, 0.4) is 0 Å². The van der Waals surface area contributed by atoms with Crippen LogP contribution in [-0.2, 0) is 32.5 Å². The Bertz CT molecular complexity index is 1450. The lowest BCUT2D eigenvalue weighted by Gasteiger charge is -2.18. The van der Waals surface area contributed by atoms with E-state index in [1.807, 2.05) is 33.7 Å². The fourth-order valence-corrected chi connectivity index (χ4v) is 6.83. The molecule has 3 N–H and O–H groups in total. The number of aromatic nitrogens is 1. The molecule has 0 fully saturated rings. The normalized spacial score (nSPS) is 13.0. The first-order valence-electron chi connectivity index (χ1n) is 10.0. The Morgan fingerprint density at radius 1 is 0.912 bits per heavy atom. The van der Waals surface area contributed by atoms with Gasteiger partial charge in [0.15, 0.2) is 0 Å². The highest BCUT2D eigenvalue weighted by molar-refractivity contribution is 7.88. The van der Waals surface area contributed by atoms with Crippen LogP contribution in [0.25, 0.3) is 9.88 Å². The van der Waals surface area contributed by atoms with Crippen LogP contribution in [-0.4, -0.2) is 26.4 Å². The van der Waals surface area contributed by atoms with Gasteiger partial charge in [-0.1, -0.05) is 48.5 Å². The third-order valence-corrected chi connectivity index (χ3v) is 8.50. The molecule has 2 aromatic carbocycles. The number of hydrogen-bond donors (Lipinski definition) is 3. The first-order chi connectivity index (χ1) is 16.2. The summed E-state index contributed by atoms with van der Waals surface area (Å²) in [5, 5.41) is 4.56. The SMILES string of the molecule is O=S(=O)(O)Nc1cccc(CC(NS(=O)(=O)Cc2ccccc2)c2csc(-c3cccs3)n2)c1. The number of anilines is 1. The van der Waals surface area contributed by atoms with Crippen LogP contribution in [0.5, 0.6) is 0 Å². The quantitative estimate of drug-likeness (QED) is 0.257. The summed E-state index contributed by atoms with van der Waals surface area (Å²) in [5.74, 6) is -0.184. The van der Waals surface area contributed by atoms with Gasteiger partial charge in [0.25, 0.3) is 0 Å². The lowest BCUT2D eigenvalue weighted by molar-refractivity contribution is 0.489. The third kappa shape index (κ3) is 6.95. The number of sulfonamides is 1. The predicted octanol–water partition coefficient (Wildman–Crippen LogP) is 4.49. The summed E-state index contributed by atoms with van der Waals surface area (Å²) in [5.41, 5.74) is 2.05. The molecule has 0 amide bonds. The van der Waals surface area contributed by atoms with Gasteiger partial charge in [0.1, 0.15) is 5.01 Å². The van der Waals surface area contributed by atoms with Crippen molar-refractivity contribution in [2.24, 2.45) is 0 Å². The molecule has 8 nitrogen and oxygen atoms in total. The minimum Gasteiger partial charge on any atom is -0.269 e. The largest absolute Gasteiger partial charge is 0.357 e. The molecule has 0 spiro atoms. The zero-order chi connectivity index (χ0) is 24.2. The fraction of sp³-hybridized carbons (Fsp3) is 0.136. The molecule has 0 aliphatic rings. The van der Waals surface area contributed by atoms with Gasteiger partial charge in [-0.05, 0) is 41.1 Å². The minimum atomic E-state index is -4.43. The zero-order valence-electron chi connectivity index (χ0n) is 17.7. The topological polar surface area (TPSA) is 125 Å². The molecule has 1 unspecified atom stereocenters. The van der Waals surface area contributed by atoms with Gasteiger partial charge in [0.05, 0.1) is 28.1 Å². The zero-order valence-corrected chi connectivity index (χ0v) is 20.9. The van der Waals surface area contributed by atoms with Gasteiger partial charge in [-0.15, -0.1) is 22.7 Å². The number of nitrogens with zero attached hydrogens (tertiary/aromatic N) is 1. The van der Waals surface area contributed by atoms with Gasteiger partial charge in [-0.3, -0.25) is 9.27 Å². The van der Waals surface area contributed by atoms with Crippen molar-refractivity contribution in [2.75, 3.05) is 4.72 Å². The Labute approximate surface area is 206 Å². The molecule has 4 rings (SSSR count). The van der Waals surface area contributed by atoms with Gasteiger partial charge in [-0.2, -0.15) is 8.42 Å². The Morgan fingerprint density at radius 2 is 1.68 bits per heavy atom. The summed E-state index contributed by atoms with van der Waals surface area (Å²) in [6.45, 7) is 0. The summed E-state index contributed by atoms with van der Waals surface area (Å²) >= 11 is 2.97. The average Bonchev–Trinajstić information content (AvgIpc) is 3.45. The fourth-order valence-electron chi connectivity index (χ4n) is 3.36. The second-order valence-electron chi connectivity index (χ2n) is 7.45. The highest BCUT2D eigenvalue weighted by atomic mass is 32.2. The Balaban J connectivity index is 1.62. The van der Waals surface area contributed by atoms with E-state index in [0.29, 0.717) is 16.8 Å². The molecule has 0 aliphatic carbocycles. The molecule has 0 aliphatic heterocycles. The molecular formula is C22H21N3O5S4. The van der Waals surface area contributed by atoms with Crippen molar-refractivity contribution in [1.29, 1.82) is 0 Å². The molecule has 12 heteroatoms. The van der Waals surface area contributed by atoms with Crippen LogP contribution in [0.4, 0.5) is 5.69 Å². The van der Waals surface area contributed by atoms with Gasteiger partial charge in [0.2, 0.25) is 10.0 Å². The molecule has 2 heterocycles. The van der Waals surface area contributed by atoms with Crippen molar-refractivity contribution >= 4 is 48.7 Å². The summed E-state index contributed by atoms with van der Waals surface area (Å²) < 4.78 is 62.2. The molecule has 178 valence electrons. The van der Waals surface area contributed by atoms with Crippen molar-refractivity contribution in [3.8, 4) is 9.88 Å². The maximum Gasteiger partial charge on any atom is 0.357 e. The Kier molecular flexibility index (Phi) is 7.45. The molecule has 34 heavy (non-hydrogen) atoms. The van der Waals surface area contributed by atoms with Crippen molar-refractivity contribution in [1.82, 2.24) is 9.71 Å². The van der Waals surface area contributed by atoms with Gasteiger partial charge >= 0.3 is 10.3 Å². The summed E-state index contributed by atoms with van der Waals surface area (Å²) in [4.78, 5) is 5.66. The highest BCUT2D eigenvalue weighted by Crippen LogP contribution is 2.31. The number of thiophene rings is 1. The van der Waals surface area contributed by atoms with Gasteiger partial charge in [0, 0.05) is 5.38 Å². The van der Waals surface area contributed by atoms with Crippen LogP contribution in [0.1, 0.15) is 22.9 Å². The van der Waals surface area contributed by atoms with E-state index in [4.69, 9.17) is 4.55 Å². The second kappa shape index (κ2) is 10.3. The van der Waals surface area contributed by atoms with Crippen molar-refractivity contribution in [2.45, 2.75) is 18.2 Å². The minimum absolute atomic E-state index is 0.170. The molecule has 1 atom stereocenters. The summed E-state index contributed by atoms with van der Waals surface area (Å²) in [7, 11) is -8.15. The maximum atomic E-state index is 13.0. The average molecular weight is 536 g/mol. The summed E-state index contributed by atoms with van der Waals surface area (Å²) in [6, 6.07) is 18.5. The number of benzene rings is 2. The molecule has 0 saturated heterocycles. The van der Waals surface area contributed by atoms with Crippen LogP contribution < -0.4 is 9.44 Å². The van der Waals surface area contributed by atoms with E-state index in [9.17, 15) is 16.8 Å². The monoisotopic (exact) mass is 535 g/mol. The molecular weight excluding hydrogens is 515 g/mol. The van der Waals surface area contributed by atoms with Crippen molar-refractivity contribution < 1.29 is 21.4 Å². The van der Waals surface area contributed by atoms with Crippen LogP contribution in [0.15, 0.2) is 77.5 Å². The van der Waals surface area contributed by atoms with E-state index in [1.54, 1.807) is 53.8 Å². The molecule has 2 aromatic heterocycles. The lowest BCUT2D eigenvalue weighted by Crippen LogP contribution is -2.31. The van der Waals surface area contributed by atoms with E-state index < -0.39 is 26.4 Å². The van der Waals surface area contributed by atoms with E-state index in [0.717, 1.165) is 9.88 Å². The number of thiazole rings is 1. The first-order valence-corrected chi connectivity index (χ1v) is 14.9. The van der Waals surface area contributed by atoms with E-state index in [2.05, 4.69) is 9.71 Å². The Hall–Kier alpha value is -2.61. The first kappa shape index (κ1) is 24.5. The molecule has 0 saturated carbocycles. The van der Waals surface area contributed by atoms with Crippen LogP contribution in [0.2, 0.25) is 0 Å². The number of hydrogen-bond acceptors (Lipinski definition) is 7. The highest BCUT2D eigenvalue weighted by Gasteiger charge is 2.23. The third-order valence-electron chi connectivity index (χ3n) is 4.75. The van der Waals surface area contributed by atoms with Crippen LogP contribution >= 0.6 is 22.7 Å². The van der Waals surface area contributed by atoms with Gasteiger partial charge < -0.3 is 0 Å². The van der Waals surface area contributed by atoms with Crippen molar-refractivity contribution in [3.05, 3.63) is 94.3 Å². The Morgan fingerprint density at radius 3 is 2.38 bits per heavy atom. The standard InChI is InChI=1S/C22H21N3O5S4/c26-33(27,15-16-6-2-1-3-7-16)25-19(20-14-32-22(23-20)21-10-5-11-31-21)13-17-8-4-9-18(12-17)24-34(28,29)30/h1-12,14,19,24-25H,13,15H2,(H,28,29,30). The number of nitrogens with one attached hydrogen (secondary N) is 2. The van der Waals surface area contributed by atoms with Gasteiger partial charge in [-0.25, -0.2) is 18.1 Å². The smallest absolute Gasteiger partial charge is 0.269 e. The maximum absolute atomic E-state index is 13.0. The lowest BCUT2D eigenvalue weighted by atomic mass is 10.0. The number of rotatable bonds is 10. The molecule has 0 bridgehead atoms.